The highest BCUT2D eigenvalue weighted by atomic mass is 32.2. The SMILES string of the molecule is O=C(CSc1ccc(F)c(F)c1)NCC(F)(F)CO. The highest BCUT2D eigenvalue weighted by Crippen LogP contribution is 2.20. The standard InChI is InChI=1S/C11H11F4NO2S/c12-8-2-1-7(3-9(8)13)19-4-10(18)16-5-11(14,15)6-17/h1-3,17H,4-6H2,(H,16,18). The quantitative estimate of drug-likeness (QED) is 0.622. The number of benzene rings is 1. The number of nitrogens with one attached hydrogen (secondary N) is 1. The van der Waals surface area contributed by atoms with Gasteiger partial charge in [-0.1, -0.05) is 0 Å². The van der Waals surface area contributed by atoms with Crippen molar-refractivity contribution >= 4 is 17.7 Å². The van der Waals surface area contributed by atoms with Gasteiger partial charge in [-0.2, -0.15) is 0 Å². The Labute approximate surface area is 111 Å². The Hall–Kier alpha value is -1.28. The van der Waals surface area contributed by atoms with Crippen LogP contribution in [0, 0.1) is 11.6 Å². The molecular formula is C11H11F4NO2S. The molecule has 0 fully saturated rings. The van der Waals surface area contributed by atoms with Crippen molar-refractivity contribution in [1.29, 1.82) is 0 Å². The summed E-state index contributed by atoms with van der Waals surface area (Å²) >= 11 is 0.883. The second-order valence-corrected chi connectivity index (χ2v) is 4.70. The van der Waals surface area contributed by atoms with Crippen LogP contribution in [0.5, 0.6) is 0 Å². The maximum Gasteiger partial charge on any atom is 0.287 e. The second kappa shape index (κ2) is 6.76. The molecule has 1 amide bonds. The maximum absolute atomic E-state index is 12.8. The molecule has 8 heteroatoms. The third-order valence-corrected chi connectivity index (χ3v) is 3.03. The van der Waals surface area contributed by atoms with Crippen LogP contribution in [-0.2, 0) is 4.79 Å². The maximum atomic E-state index is 12.8. The van der Waals surface area contributed by atoms with E-state index in [1.165, 1.54) is 6.07 Å². The molecule has 0 heterocycles. The first-order valence-electron chi connectivity index (χ1n) is 5.17. The zero-order valence-electron chi connectivity index (χ0n) is 9.63. The van der Waals surface area contributed by atoms with E-state index in [1.807, 2.05) is 5.32 Å². The minimum atomic E-state index is -3.37. The van der Waals surface area contributed by atoms with E-state index in [4.69, 9.17) is 5.11 Å². The molecule has 0 saturated carbocycles. The Bertz CT molecular complexity index is 456. The van der Waals surface area contributed by atoms with Crippen LogP contribution in [0.2, 0.25) is 0 Å². The number of thioether (sulfide) groups is 1. The van der Waals surface area contributed by atoms with Gasteiger partial charge in [0, 0.05) is 4.90 Å². The molecule has 0 saturated heterocycles. The molecule has 0 unspecified atom stereocenters. The lowest BCUT2D eigenvalue weighted by Crippen LogP contribution is -2.39. The van der Waals surface area contributed by atoms with Gasteiger partial charge in [0.05, 0.1) is 12.3 Å². The molecule has 0 aliphatic carbocycles. The van der Waals surface area contributed by atoms with E-state index in [0.29, 0.717) is 4.90 Å². The fourth-order valence-electron chi connectivity index (χ4n) is 1.05. The van der Waals surface area contributed by atoms with Crippen molar-refractivity contribution in [3.05, 3.63) is 29.8 Å². The summed E-state index contributed by atoms with van der Waals surface area (Å²) in [7, 11) is 0. The van der Waals surface area contributed by atoms with Crippen molar-refractivity contribution < 1.29 is 27.5 Å². The van der Waals surface area contributed by atoms with Gasteiger partial charge in [0.1, 0.15) is 6.61 Å². The number of alkyl halides is 2. The molecule has 0 bridgehead atoms. The predicted molar refractivity (Wildman–Crippen MR) is 62.1 cm³/mol. The van der Waals surface area contributed by atoms with Gasteiger partial charge in [0.25, 0.3) is 5.92 Å². The van der Waals surface area contributed by atoms with Crippen LogP contribution in [0.15, 0.2) is 23.1 Å². The Balaban J connectivity index is 2.40. The summed E-state index contributed by atoms with van der Waals surface area (Å²) in [6.07, 6.45) is 0. The summed E-state index contributed by atoms with van der Waals surface area (Å²) in [5.41, 5.74) is 0. The van der Waals surface area contributed by atoms with Gasteiger partial charge < -0.3 is 10.4 Å². The predicted octanol–water partition coefficient (Wildman–Crippen LogP) is 1.80. The van der Waals surface area contributed by atoms with Crippen molar-refractivity contribution in [3.63, 3.8) is 0 Å². The molecule has 0 atom stereocenters. The van der Waals surface area contributed by atoms with E-state index in [-0.39, 0.29) is 5.75 Å². The van der Waals surface area contributed by atoms with Gasteiger partial charge in [0.2, 0.25) is 5.91 Å². The molecule has 0 spiro atoms. The molecule has 19 heavy (non-hydrogen) atoms. The van der Waals surface area contributed by atoms with Gasteiger partial charge in [0.15, 0.2) is 11.6 Å². The van der Waals surface area contributed by atoms with Gasteiger partial charge in [-0.15, -0.1) is 11.8 Å². The normalized spacial score (nSPS) is 11.4. The molecule has 2 N–H and O–H groups in total. The summed E-state index contributed by atoms with van der Waals surface area (Å²) in [5, 5.41) is 10.2. The Morgan fingerprint density at radius 1 is 1.32 bits per heavy atom. The third-order valence-electron chi connectivity index (χ3n) is 2.04. The average molecular weight is 297 g/mol. The molecule has 0 radical (unpaired) electrons. The van der Waals surface area contributed by atoms with Crippen LogP contribution in [0.4, 0.5) is 17.6 Å². The zero-order valence-corrected chi connectivity index (χ0v) is 10.4. The topological polar surface area (TPSA) is 49.3 Å². The van der Waals surface area contributed by atoms with Crippen LogP contribution >= 0.6 is 11.8 Å². The fraction of sp³-hybridized carbons (Fsp3) is 0.364. The van der Waals surface area contributed by atoms with Gasteiger partial charge in [-0.3, -0.25) is 4.79 Å². The number of aliphatic hydroxyl groups is 1. The summed E-state index contributed by atoms with van der Waals surface area (Å²) in [6, 6.07) is 3.10. The lowest BCUT2D eigenvalue weighted by atomic mass is 10.3. The van der Waals surface area contributed by atoms with Gasteiger partial charge in [-0.05, 0) is 18.2 Å². The lowest BCUT2D eigenvalue weighted by Gasteiger charge is -2.13. The zero-order chi connectivity index (χ0) is 14.5. The van der Waals surface area contributed by atoms with Crippen LogP contribution in [0.25, 0.3) is 0 Å². The summed E-state index contributed by atoms with van der Waals surface area (Å²) < 4.78 is 50.7. The molecule has 1 aromatic carbocycles. The number of carbonyl (C=O) groups is 1. The highest BCUT2D eigenvalue weighted by Gasteiger charge is 2.28. The summed E-state index contributed by atoms with van der Waals surface area (Å²) in [4.78, 5) is 11.5. The van der Waals surface area contributed by atoms with Crippen LogP contribution < -0.4 is 5.32 Å². The monoisotopic (exact) mass is 297 g/mol. The minimum absolute atomic E-state index is 0.216. The first-order chi connectivity index (χ1) is 8.84. The first-order valence-corrected chi connectivity index (χ1v) is 6.16. The number of hydrogen-bond acceptors (Lipinski definition) is 3. The molecule has 0 aliphatic rings. The number of carbonyl (C=O) groups excluding carboxylic acids is 1. The van der Waals surface area contributed by atoms with Crippen molar-refractivity contribution in [3.8, 4) is 0 Å². The van der Waals surface area contributed by atoms with Gasteiger partial charge in [-0.25, -0.2) is 17.6 Å². The Morgan fingerprint density at radius 2 is 2.00 bits per heavy atom. The first kappa shape index (κ1) is 15.8. The average Bonchev–Trinajstić information content (AvgIpc) is 2.38. The van der Waals surface area contributed by atoms with E-state index >= 15 is 0 Å². The molecule has 3 nitrogen and oxygen atoms in total. The minimum Gasteiger partial charge on any atom is -0.390 e. The highest BCUT2D eigenvalue weighted by molar-refractivity contribution is 8.00. The number of halogens is 4. The largest absolute Gasteiger partial charge is 0.390 e. The summed E-state index contributed by atoms with van der Waals surface area (Å²) in [6.45, 7) is -2.33. The van der Waals surface area contributed by atoms with Crippen molar-refractivity contribution in [2.75, 3.05) is 18.9 Å². The lowest BCUT2D eigenvalue weighted by molar-refractivity contribution is -0.121. The van der Waals surface area contributed by atoms with Crippen molar-refractivity contribution in [2.45, 2.75) is 10.8 Å². The van der Waals surface area contributed by atoms with E-state index in [1.54, 1.807) is 0 Å². The molecule has 1 rings (SSSR count). The van der Waals surface area contributed by atoms with E-state index in [9.17, 15) is 22.4 Å². The molecular weight excluding hydrogens is 286 g/mol. The molecule has 106 valence electrons. The number of hydrogen-bond donors (Lipinski definition) is 2. The van der Waals surface area contributed by atoms with E-state index < -0.39 is 36.6 Å². The van der Waals surface area contributed by atoms with Crippen LogP contribution in [-0.4, -0.2) is 35.8 Å². The molecule has 0 aromatic heterocycles. The number of amides is 1. The van der Waals surface area contributed by atoms with Crippen LogP contribution in [0.3, 0.4) is 0 Å². The van der Waals surface area contributed by atoms with E-state index in [2.05, 4.69) is 0 Å². The number of aliphatic hydroxyl groups excluding tert-OH is 1. The second-order valence-electron chi connectivity index (χ2n) is 3.66. The third kappa shape index (κ3) is 5.48. The Morgan fingerprint density at radius 3 is 2.58 bits per heavy atom. The fourth-order valence-corrected chi connectivity index (χ4v) is 1.80. The summed E-state index contributed by atoms with van der Waals surface area (Å²) in [5.74, 6) is -6.33. The Kier molecular flexibility index (Phi) is 5.61. The van der Waals surface area contributed by atoms with Crippen molar-refractivity contribution in [2.24, 2.45) is 0 Å². The van der Waals surface area contributed by atoms with E-state index in [0.717, 1.165) is 23.9 Å². The van der Waals surface area contributed by atoms with Gasteiger partial charge >= 0.3 is 0 Å². The number of rotatable bonds is 6. The van der Waals surface area contributed by atoms with Crippen molar-refractivity contribution in [1.82, 2.24) is 5.32 Å². The molecule has 1 aromatic rings. The smallest absolute Gasteiger partial charge is 0.287 e. The van der Waals surface area contributed by atoms with Crippen LogP contribution in [0.1, 0.15) is 0 Å². The molecule has 0 aliphatic heterocycles.